The van der Waals surface area contributed by atoms with Crippen LogP contribution in [0.1, 0.15) is 25.0 Å². The van der Waals surface area contributed by atoms with Gasteiger partial charge in [-0.05, 0) is 28.8 Å². The Kier molecular flexibility index (Phi) is 2.39. The summed E-state index contributed by atoms with van der Waals surface area (Å²) in [6.07, 6.45) is 0. The molecule has 0 N–H and O–H groups in total. The zero-order valence-electron chi connectivity index (χ0n) is 9.72. The molecule has 0 bridgehead atoms. The summed E-state index contributed by atoms with van der Waals surface area (Å²) in [5, 5.41) is 0.834. The molecule has 0 saturated heterocycles. The fourth-order valence-corrected chi connectivity index (χ4v) is 3.89. The van der Waals surface area contributed by atoms with Crippen molar-refractivity contribution in [3.05, 3.63) is 57.0 Å². The third-order valence-corrected chi connectivity index (χ3v) is 4.57. The molecule has 0 nitrogen and oxygen atoms in total. The molecular weight excluding hydrogens is 296 g/mol. The van der Waals surface area contributed by atoms with Gasteiger partial charge in [0.05, 0.1) is 0 Å². The molecule has 0 radical (unpaired) electrons. The minimum atomic E-state index is 0.00958. The topological polar surface area (TPSA) is 0 Å². The molecule has 2 aromatic rings. The Balaban J connectivity index is 2.48. The molecule has 1 aliphatic rings. The van der Waals surface area contributed by atoms with Crippen LogP contribution in [0.4, 0.5) is 0 Å². The molecule has 2 heteroatoms. The average Bonchev–Trinajstić information content (AvgIpc) is 2.55. The first-order valence-corrected chi connectivity index (χ1v) is 6.79. The van der Waals surface area contributed by atoms with Gasteiger partial charge in [0.15, 0.2) is 0 Å². The Bertz CT molecular complexity index is 614. The van der Waals surface area contributed by atoms with Gasteiger partial charge in [-0.3, -0.25) is 0 Å². The molecule has 1 aliphatic carbocycles. The summed E-state index contributed by atoms with van der Waals surface area (Å²) in [5.74, 6) is 0. The van der Waals surface area contributed by atoms with Crippen LogP contribution in [0, 0.1) is 0 Å². The summed E-state index contributed by atoms with van der Waals surface area (Å²) >= 11 is 10.0. The number of hydrogen-bond acceptors (Lipinski definition) is 0. The van der Waals surface area contributed by atoms with Crippen molar-refractivity contribution in [2.45, 2.75) is 19.3 Å². The number of halogens is 2. The van der Waals surface area contributed by atoms with E-state index in [9.17, 15) is 0 Å². The van der Waals surface area contributed by atoms with Gasteiger partial charge in [-0.15, -0.1) is 0 Å². The van der Waals surface area contributed by atoms with Crippen LogP contribution in [0.5, 0.6) is 0 Å². The number of fused-ring (bicyclic) bond motifs is 3. The van der Waals surface area contributed by atoms with E-state index >= 15 is 0 Å². The van der Waals surface area contributed by atoms with Gasteiger partial charge in [0.1, 0.15) is 0 Å². The van der Waals surface area contributed by atoms with Crippen LogP contribution >= 0.6 is 27.5 Å². The second kappa shape index (κ2) is 3.60. The molecule has 0 aliphatic heterocycles. The van der Waals surface area contributed by atoms with Crippen LogP contribution in [-0.4, -0.2) is 0 Å². The molecule has 0 saturated carbocycles. The van der Waals surface area contributed by atoms with Gasteiger partial charge in [0.2, 0.25) is 0 Å². The maximum absolute atomic E-state index is 6.38. The summed E-state index contributed by atoms with van der Waals surface area (Å²) in [5.41, 5.74) is 5.10. The third kappa shape index (κ3) is 1.42. The third-order valence-electron chi connectivity index (χ3n) is 3.60. The largest absolute Gasteiger partial charge is 0.0837 e. The van der Waals surface area contributed by atoms with Crippen molar-refractivity contribution in [1.29, 1.82) is 0 Å². The Morgan fingerprint density at radius 2 is 1.76 bits per heavy atom. The standard InChI is InChI=1S/C15H12BrCl/c1-15(2)10-6-4-3-5-9(10)13-12(17)8-7-11(16)14(13)15/h3-8H,1-2H3. The van der Waals surface area contributed by atoms with Gasteiger partial charge in [-0.1, -0.05) is 65.6 Å². The van der Waals surface area contributed by atoms with Crippen LogP contribution in [0.15, 0.2) is 40.9 Å². The molecule has 2 aromatic carbocycles. The highest BCUT2D eigenvalue weighted by molar-refractivity contribution is 9.10. The molecule has 0 atom stereocenters. The van der Waals surface area contributed by atoms with Gasteiger partial charge < -0.3 is 0 Å². The SMILES string of the molecule is CC1(C)c2ccccc2-c2c(Cl)ccc(Br)c21. The van der Waals surface area contributed by atoms with Crippen LogP contribution in [0.2, 0.25) is 5.02 Å². The summed E-state index contributed by atoms with van der Waals surface area (Å²) < 4.78 is 1.14. The minimum Gasteiger partial charge on any atom is -0.0837 e. The molecule has 3 rings (SSSR count). The lowest BCUT2D eigenvalue weighted by atomic mass is 9.82. The van der Waals surface area contributed by atoms with E-state index < -0.39 is 0 Å². The Hall–Kier alpha value is -0.790. The lowest BCUT2D eigenvalue weighted by Crippen LogP contribution is -2.15. The maximum atomic E-state index is 6.38. The molecule has 0 unspecified atom stereocenters. The first kappa shape index (κ1) is 11.3. The van der Waals surface area contributed by atoms with Crippen molar-refractivity contribution >= 4 is 27.5 Å². The molecule has 17 heavy (non-hydrogen) atoms. The summed E-state index contributed by atoms with van der Waals surface area (Å²) in [6, 6.07) is 12.5. The monoisotopic (exact) mass is 306 g/mol. The van der Waals surface area contributed by atoms with Gasteiger partial charge >= 0.3 is 0 Å². The highest BCUT2D eigenvalue weighted by Crippen LogP contribution is 2.53. The van der Waals surface area contributed by atoms with Crippen LogP contribution in [0.3, 0.4) is 0 Å². The smallest absolute Gasteiger partial charge is 0.0488 e. The molecule has 0 heterocycles. The van der Waals surface area contributed by atoms with E-state index in [0.29, 0.717) is 0 Å². The van der Waals surface area contributed by atoms with Gasteiger partial charge in [-0.25, -0.2) is 0 Å². The fourth-order valence-electron chi connectivity index (χ4n) is 2.81. The number of rotatable bonds is 0. The van der Waals surface area contributed by atoms with E-state index in [0.717, 1.165) is 9.50 Å². The zero-order chi connectivity index (χ0) is 12.2. The van der Waals surface area contributed by atoms with E-state index in [1.807, 2.05) is 12.1 Å². The fraction of sp³-hybridized carbons (Fsp3) is 0.200. The first-order chi connectivity index (χ1) is 8.03. The lowest BCUT2D eigenvalue weighted by molar-refractivity contribution is 0.657. The van der Waals surface area contributed by atoms with E-state index in [1.54, 1.807) is 0 Å². The predicted octanol–water partition coefficient (Wildman–Crippen LogP) is 5.41. The van der Waals surface area contributed by atoms with Gasteiger partial charge in [-0.2, -0.15) is 0 Å². The molecule has 0 spiro atoms. The molecule has 0 aromatic heterocycles. The lowest BCUT2D eigenvalue weighted by Gasteiger charge is -2.22. The second-order valence-corrected chi connectivity index (χ2v) is 6.21. The molecule has 0 fully saturated rings. The predicted molar refractivity (Wildman–Crippen MR) is 76.7 cm³/mol. The minimum absolute atomic E-state index is 0.00958. The highest BCUT2D eigenvalue weighted by Gasteiger charge is 2.37. The molecule has 86 valence electrons. The van der Waals surface area contributed by atoms with Gasteiger partial charge in [0, 0.05) is 20.5 Å². The van der Waals surface area contributed by atoms with Crippen molar-refractivity contribution in [1.82, 2.24) is 0 Å². The Morgan fingerprint density at radius 3 is 2.53 bits per heavy atom. The number of hydrogen-bond donors (Lipinski definition) is 0. The van der Waals surface area contributed by atoms with Crippen LogP contribution in [-0.2, 0) is 5.41 Å². The molecule has 0 amide bonds. The second-order valence-electron chi connectivity index (χ2n) is 4.95. The first-order valence-electron chi connectivity index (χ1n) is 5.62. The van der Waals surface area contributed by atoms with Crippen LogP contribution in [0.25, 0.3) is 11.1 Å². The Labute approximate surface area is 115 Å². The van der Waals surface area contributed by atoms with E-state index in [1.165, 1.54) is 22.3 Å². The summed E-state index contributed by atoms with van der Waals surface area (Å²) in [4.78, 5) is 0. The van der Waals surface area contributed by atoms with Crippen molar-refractivity contribution in [3.63, 3.8) is 0 Å². The normalized spacial score (nSPS) is 15.5. The molecular formula is C15H12BrCl. The van der Waals surface area contributed by atoms with E-state index in [2.05, 4.69) is 54.0 Å². The average molecular weight is 308 g/mol. The summed E-state index contributed by atoms with van der Waals surface area (Å²) in [7, 11) is 0. The van der Waals surface area contributed by atoms with E-state index in [-0.39, 0.29) is 5.41 Å². The Morgan fingerprint density at radius 1 is 1.06 bits per heavy atom. The number of benzene rings is 2. The van der Waals surface area contributed by atoms with E-state index in [4.69, 9.17) is 11.6 Å². The van der Waals surface area contributed by atoms with Crippen molar-refractivity contribution in [2.75, 3.05) is 0 Å². The summed E-state index contributed by atoms with van der Waals surface area (Å²) in [6.45, 7) is 4.50. The van der Waals surface area contributed by atoms with Crippen molar-refractivity contribution in [3.8, 4) is 11.1 Å². The quantitative estimate of drug-likeness (QED) is 0.610. The van der Waals surface area contributed by atoms with Crippen molar-refractivity contribution < 1.29 is 0 Å². The van der Waals surface area contributed by atoms with Gasteiger partial charge in [0.25, 0.3) is 0 Å². The zero-order valence-corrected chi connectivity index (χ0v) is 12.1. The highest BCUT2D eigenvalue weighted by atomic mass is 79.9. The van der Waals surface area contributed by atoms with Crippen LogP contribution < -0.4 is 0 Å². The maximum Gasteiger partial charge on any atom is 0.0488 e. The van der Waals surface area contributed by atoms with Crippen molar-refractivity contribution in [2.24, 2.45) is 0 Å².